The van der Waals surface area contributed by atoms with Crippen LogP contribution in [0.15, 0.2) is 72.8 Å². The fourth-order valence-electron chi connectivity index (χ4n) is 3.30. The average molecular weight is 317 g/mol. The summed E-state index contributed by atoms with van der Waals surface area (Å²) in [5.41, 5.74) is 8.34. The molecule has 0 fully saturated rings. The fraction of sp³-hybridized carbons (Fsp3) is 0.200. The van der Waals surface area contributed by atoms with Crippen molar-refractivity contribution in [2.24, 2.45) is 5.73 Å². The zero-order valence-corrected chi connectivity index (χ0v) is 13.7. The van der Waals surface area contributed by atoms with E-state index in [0.717, 1.165) is 11.1 Å². The van der Waals surface area contributed by atoms with E-state index in [0.29, 0.717) is 6.54 Å². The maximum atomic E-state index is 9.34. The van der Waals surface area contributed by atoms with E-state index in [1.807, 2.05) is 42.5 Å². The Bertz CT molecular complexity index is 854. The molecule has 120 valence electrons. The van der Waals surface area contributed by atoms with Gasteiger partial charge in [-0.25, -0.2) is 0 Å². The summed E-state index contributed by atoms with van der Waals surface area (Å²) in [6, 6.07) is 24.6. The Hall–Kier alpha value is -2.90. The molecule has 0 saturated heterocycles. The Labute approximate surface area is 142 Å². The average Bonchev–Trinajstić information content (AvgIpc) is 2.65. The van der Waals surface area contributed by atoms with Gasteiger partial charge in [-0.3, -0.25) is 0 Å². The zero-order valence-electron chi connectivity index (χ0n) is 13.7. The number of diazo groups is 1. The number of hydrogen-bond donors (Lipinski definition) is 1. The number of nitrogens with two attached hydrogens (primary N) is 1. The minimum Gasteiger partial charge on any atom is -0.330 e. The Kier molecular flexibility index (Phi) is 4.74. The molecule has 24 heavy (non-hydrogen) atoms. The molecule has 0 saturated carbocycles. The molecule has 0 aliphatic heterocycles. The maximum Gasteiger partial charge on any atom is 0.305 e. The zero-order chi connectivity index (χ0) is 16.9. The summed E-state index contributed by atoms with van der Waals surface area (Å²) >= 11 is 0. The minimum absolute atomic E-state index is 0.0120. The highest BCUT2D eigenvalue weighted by molar-refractivity contribution is 5.83. The first-order chi connectivity index (χ1) is 11.7. The van der Waals surface area contributed by atoms with Crippen molar-refractivity contribution in [2.75, 3.05) is 13.6 Å². The predicted octanol–water partition coefficient (Wildman–Crippen LogP) is 4.32. The first-order valence-electron chi connectivity index (χ1n) is 8.06. The second-order valence-corrected chi connectivity index (χ2v) is 5.97. The number of benzene rings is 3. The molecule has 2 N–H and O–H groups in total. The Balaban J connectivity index is 2.07. The summed E-state index contributed by atoms with van der Waals surface area (Å²) in [5.74, 6) is 0.0120. The third kappa shape index (κ3) is 3.08. The molecular formula is C20H21N4+. The molecule has 0 unspecified atom stereocenters. The highest BCUT2D eigenvalue weighted by Gasteiger charge is 2.33. The van der Waals surface area contributed by atoms with Crippen LogP contribution in [0.1, 0.15) is 23.1 Å². The van der Waals surface area contributed by atoms with Crippen LogP contribution in [0.4, 0.5) is 0 Å². The Morgan fingerprint density at radius 1 is 0.917 bits per heavy atom. The number of likely N-dealkylation sites (N-methyl/N-ethyl adjacent to an activating group) is 1. The normalized spacial score (nSPS) is 13.2. The van der Waals surface area contributed by atoms with Gasteiger partial charge in [0.15, 0.2) is 0 Å². The van der Waals surface area contributed by atoms with E-state index in [1.54, 1.807) is 12.1 Å². The molecule has 4 heteroatoms. The molecule has 2 atom stereocenters. The molecule has 3 aromatic carbocycles. The maximum absolute atomic E-state index is 9.34. The van der Waals surface area contributed by atoms with Gasteiger partial charge < -0.3 is 5.73 Å². The number of rotatable bonds is 5. The van der Waals surface area contributed by atoms with Gasteiger partial charge in [0.25, 0.3) is 5.39 Å². The van der Waals surface area contributed by atoms with Gasteiger partial charge in [0, 0.05) is 12.5 Å². The highest BCUT2D eigenvalue weighted by Crippen LogP contribution is 2.36. The Morgan fingerprint density at radius 3 is 2.25 bits per heavy atom. The standard InChI is InChI=1S/C20H21N4/c1-24(23-22)20(16-8-3-2-4-9-16)19(14-21)18-12-11-15-7-5-6-10-17(15)13-18/h2-13,19-20H,14,21H2,1H3/q+1/t19-,20+/m0/s1. The van der Waals surface area contributed by atoms with Gasteiger partial charge in [0.1, 0.15) is 6.04 Å². The molecule has 3 aromatic rings. The summed E-state index contributed by atoms with van der Waals surface area (Å²) in [7, 11) is 1.77. The molecule has 3 rings (SSSR count). The monoisotopic (exact) mass is 317 g/mol. The smallest absolute Gasteiger partial charge is 0.305 e. The van der Waals surface area contributed by atoms with Crippen molar-refractivity contribution in [1.82, 2.24) is 5.01 Å². The highest BCUT2D eigenvalue weighted by atomic mass is 15.5. The summed E-state index contributed by atoms with van der Waals surface area (Å²) in [6.45, 7) is 0.456. The van der Waals surface area contributed by atoms with Gasteiger partial charge in [0.05, 0.1) is 7.05 Å². The van der Waals surface area contributed by atoms with Gasteiger partial charge in [-0.15, -0.1) is 0 Å². The van der Waals surface area contributed by atoms with Crippen molar-refractivity contribution in [3.63, 3.8) is 0 Å². The number of hydrogen-bond acceptors (Lipinski definition) is 3. The van der Waals surface area contributed by atoms with Crippen LogP contribution in [-0.2, 0) is 0 Å². The lowest BCUT2D eigenvalue weighted by atomic mass is 9.86. The second kappa shape index (κ2) is 7.12. The fourth-order valence-corrected chi connectivity index (χ4v) is 3.30. The van der Waals surface area contributed by atoms with E-state index >= 15 is 0 Å². The van der Waals surface area contributed by atoms with Crippen LogP contribution >= 0.6 is 0 Å². The molecular weight excluding hydrogens is 296 g/mol. The molecule has 0 bridgehead atoms. The SMILES string of the molecule is CN([N+]#N)[C@H](c1ccccc1)[C@@H](CN)c1ccc2ccccc2c1. The van der Waals surface area contributed by atoms with Gasteiger partial charge in [-0.05, 0) is 26.9 Å². The van der Waals surface area contributed by atoms with Crippen LogP contribution in [0.5, 0.6) is 0 Å². The first-order valence-corrected chi connectivity index (χ1v) is 8.06. The lowest BCUT2D eigenvalue weighted by Gasteiger charge is -2.25. The molecule has 0 amide bonds. The van der Waals surface area contributed by atoms with Crippen molar-refractivity contribution in [3.8, 4) is 0 Å². The van der Waals surface area contributed by atoms with E-state index in [-0.39, 0.29) is 12.0 Å². The van der Waals surface area contributed by atoms with E-state index in [4.69, 9.17) is 5.73 Å². The van der Waals surface area contributed by atoms with Crippen molar-refractivity contribution in [1.29, 1.82) is 5.39 Å². The molecule has 0 spiro atoms. The van der Waals surface area contributed by atoms with Crippen LogP contribution in [0.2, 0.25) is 0 Å². The van der Waals surface area contributed by atoms with E-state index in [1.165, 1.54) is 10.8 Å². The first kappa shape index (κ1) is 16.0. The van der Waals surface area contributed by atoms with Crippen LogP contribution in [0, 0.1) is 5.39 Å². The quantitative estimate of drug-likeness (QED) is 0.563. The Morgan fingerprint density at radius 2 is 1.58 bits per heavy atom. The topological polar surface area (TPSA) is 57.4 Å². The molecule has 0 aliphatic carbocycles. The molecule has 0 aliphatic rings. The molecule has 0 radical (unpaired) electrons. The van der Waals surface area contributed by atoms with Gasteiger partial charge in [-0.2, -0.15) is 0 Å². The van der Waals surface area contributed by atoms with Gasteiger partial charge >= 0.3 is 5.08 Å². The van der Waals surface area contributed by atoms with Crippen molar-refractivity contribution in [2.45, 2.75) is 12.0 Å². The van der Waals surface area contributed by atoms with Crippen LogP contribution < -0.4 is 5.73 Å². The summed E-state index contributed by atoms with van der Waals surface area (Å²) in [5, 5.41) is 16.7. The summed E-state index contributed by atoms with van der Waals surface area (Å²) in [6.07, 6.45) is 0. The molecule has 4 nitrogen and oxygen atoms in total. The third-order valence-corrected chi connectivity index (χ3v) is 4.52. The van der Waals surface area contributed by atoms with E-state index < -0.39 is 0 Å². The van der Waals surface area contributed by atoms with Gasteiger partial charge in [0.2, 0.25) is 0 Å². The van der Waals surface area contributed by atoms with Gasteiger partial charge in [-0.1, -0.05) is 72.8 Å². The van der Waals surface area contributed by atoms with Crippen molar-refractivity contribution >= 4 is 10.8 Å². The molecule has 0 aromatic heterocycles. The lowest BCUT2D eigenvalue weighted by molar-refractivity contribution is 0.280. The van der Waals surface area contributed by atoms with E-state index in [2.05, 4.69) is 35.4 Å². The van der Waals surface area contributed by atoms with Crippen LogP contribution in [-0.4, -0.2) is 18.6 Å². The van der Waals surface area contributed by atoms with Crippen LogP contribution in [0.3, 0.4) is 0 Å². The summed E-state index contributed by atoms with van der Waals surface area (Å²) in [4.78, 5) is 0. The lowest BCUT2D eigenvalue weighted by Crippen LogP contribution is -2.29. The predicted molar refractivity (Wildman–Crippen MR) is 97.8 cm³/mol. The third-order valence-electron chi connectivity index (χ3n) is 4.52. The second-order valence-electron chi connectivity index (χ2n) is 5.97. The van der Waals surface area contributed by atoms with Crippen LogP contribution in [0.25, 0.3) is 15.9 Å². The summed E-state index contributed by atoms with van der Waals surface area (Å²) < 4.78 is 0. The van der Waals surface area contributed by atoms with Crippen molar-refractivity contribution in [3.05, 3.63) is 89.0 Å². The van der Waals surface area contributed by atoms with Crippen molar-refractivity contribution < 1.29 is 0 Å². The number of fused-ring (bicyclic) bond motifs is 1. The minimum atomic E-state index is -0.137. The molecule has 0 heterocycles. The largest absolute Gasteiger partial charge is 0.330 e. The number of nitrogens with zero attached hydrogens (tertiary/aromatic N) is 3. The van der Waals surface area contributed by atoms with E-state index in [9.17, 15) is 5.39 Å².